The van der Waals surface area contributed by atoms with E-state index in [9.17, 15) is 14.7 Å². The summed E-state index contributed by atoms with van der Waals surface area (Å²) in [7, 11) is 0. The summed E-state index contributed by atoms with van der Waals surface area (Å²) in [4.78, 5) is 23.5. The number of aliphatic carboxylic acids is 1. The van der Waals surface area contributed by atoms with Crippen molar-refractivity contribution in [1.82, 2.24) is 5.32 Å². The number of hydrogen-bond acceptors (Lipinski definition) is 3. The molecule has 1 aromatic rings. The van der Waals surface area contributed by atoms with Crippen LogP contribution in [0.1, 0.15) is 44.6 Å². The summed E-state index contributed by atoms with van der Waals surface area (Å²) in [5.41, 5.74) is 2.09. The normalized spacial score (nSPS) is 15.2. The Morgan fingerprint density at radius 2 is 2.00 bits per heavy atom. The standard InChI is InChI=1S/C20H27NO4/c1-2-25-18-10-8-16(9-11-18)12-17(20(23)24)14-21-19(22)13-15-6-4-3-5-7-15/h6,8-11,17H,2-5,7,12-14H2,1H3,(H,21,22)(H,23,24). The third-order valence-electron chi connectivity index (χ3n) is 4.38. The Bertz CT molecular complexity index is 607. The molecule has 25 heavy (non-hydrogen) atoms. The predicted octanol–water partition coefficient (Wildman–Crippen LogP) is 3.34. The van der Waals surface area contributed by atoms with Gasteiger partial charge in [-0.2, -0.15) is 0 Å². The number of rotatable bonds is 9. The zero-order valence-electron chi connectivity index (χ0n) is 14.8. The molecule has 1 aromatic carbocycles. The third-order valence-corrected chi connectivity index (χ3v) is 4.38. The van der Waals surface area contributed by atoms with E-state index >= 15 is 0 Å². The van der Waals surface area contributed by atoms with Crippen LogP contribution in [0.25, 0.3) is 0 Å². The minimum Gasteiger partial charge on any atom is -0.494 e. The van der Waals surface area contributed by atoms with Crippen molar-refractivity contribution in [1.29, 1.82) is 0 Å². The number of benzene rings is 1. The molecule has 5 nitrogen and oxygen atoms in total. The summed E-state index contributed by atoms with van der Waals surface area (Å²) in [6.07, 6.45) is 7.24. The molecule has 1 unspecified atom stereocenters. The molecule has 0 heterocycles. The highest BCUT2D eigenvalue weighted by Crippen LogP contribution is 2.20. The van der Waals surface area contributed by atoms with Crippen molar-refractivity contribution in [2.24, 2.45) is 5.92 Å². The molecular formula is C20H27NO4. The molecule has 1 aliphatic carbocycles. The molecular weight excluding hydrogens is 318 g/mol. The van der Waals surface area contributed by atoms with E-state index in [1.807, 2.05) is 31.2 Å². The number of carbonyl (C=O) groups excluding carboxylic acids is 1. The highest BCUT2D eigenvalue weighted by atomic mass is 16.5. The quantitative estimate of drug-likeness (QED) is 0.673. The van der Waals surface area contributed by atoms with Crippen molar-refractivity contribution in [2.75, 3.05) is 13.2 Å². The molecule has 136 valence electrons. The highest BCUT2D eigenvalue weighted by Gasteiger charge is 2.19. The smallest absolute Gasteiger partial charge is 0.308 e. The van der Waals surface area contributed by atoms with Gasteiger partial charge in [-0.05, 0) is 56.7 Å². The Balaban J connectivity index is 1.84. The summed E-state index contributed by atoms with van der Waals surface area (Å²) in [5.74, 6) is -0.855. The van der Waals surface area contributed by atoms with Gasteiger partial charge in [0, 0.05) is 13.0 Å². The summed E-state index contributed by atoms with van der Waals surface area (Å²) < 4.78 is 5.39. The molecule has 0 saturated carbocycles. The van der Waals surface area contributed by atoms with Crippen molar-refractivity contribution < 1.29 is 19.4 Å². The zero-order valence-corrected chi connectivity index (χ0v) is 14.8. The molecule has 0 radical (unpaired) electrons. The first kappa shape index (κ1) is 19.0. The minimum absolute atomic E-state index is 0.0916. The Labute approximate surface area is 149 Å². The van der Waals surface area contributed by atoms with Gasteiger partial charge in [-0.15, -0.1) is 0 Å². The van der Waals surface area contributed by atoms with E-state index in [-0.39, 0.29) is 12.5 Å². The maximum atomic E-state index is 12.0. The van der Waals surface area contributed by atoms with Crippen molar-refractivity contribution >= 4 is 11.9 Å². The number of carbonyl (C=O) groups is 2. The van der Waals surface area contributed by atoms with E-state index in [2.05, 4.69) is 11.4 Å². The monoisotopic (exact) mass is 345 g/mol. The fourth-order valence-corrected chi connectivity index (χ4v) is 2.99. The number of ether oxygens (including phenoxy) is 1. The van der Waals surface area contributed by atoms with Crippen molar-refractivity contribution in [3.05, 3.63) is 41.5 Å². The molecule has 5 heteroatoms. The first-order chi connectivity index (χ1) is 12.1. The SMILES string of the molecule is CCOc1ccc(CC(CNC(=O)CC2=CCCCC2)C(=O)O)cc1. The van der Waals surface area contributed by atoms with Crippen LogP contribution >= 0.6 is 0 Å². The molecule has 0 saturated heterocycles. The van der Waals surface area contributed by atoms with Crippen LogP contribution in [0.15, 0.2) is 35.9 Å². The van der Waals surface area contributed by atoms with Crippen LogP contribution in [0.4, 0.5) is 0 Å². The summed E-state index contributed by atoms with van der Waals surface area (Å²) in [5, 5.41) is 12.2. The van der Waals surface area contributed by atoms with Crippen LogP contribution in [0.5, 0.6) is 5.75 Å². The van der Waals surface area contributed by atoms with Gasteiger partial charge in [-0.25, -0.2) is 0 Å². The number of nitrogens with one attached hydrogen (secondary N) is 1. The lowest BCUT2D eigenvalue weighted by molar-refractivity contribution is -0.141. The number of carboxylic acid groups (broad SMARTS) is 1. The van der Waals surface area contributed by atoms with Crippen molar-refractivity contribution in [3.63, 3.8) is 0 Å². The highest BCUT2D eigenvalue weighted by molar-refractivity contribution is 5.79. The van der Waals surface area contributed by atoms with Gasteiger partial charge in [0.05, 0.1) is 12.5 Å². The van der Waals surface area contributed by atoms with Crippen LogP contribution in [-0.2, 0) is 16.0 Å². The van der Waals surface area contributed by atoms with Crippen LogP contribution in [-0.4, -0.2) is 30.1 Å². The van der Waals surface area contributed by atoms with Crippen LogP contribution in [0, 0.1) is 5.92 Å². The van der Waals surface area contributed by atoms with Gasteiger partial charge in [0.25, 0.3) is 0 Å². The third kappa shape index (κ3) is 6.61. The van der Waals surface area contributed by atoms with Gasteiger partial charge >= 0.3 is 5.97 Å². The first-order valence-corrected chi connectivity index (χ1v) is 8.97. The second kappa shape index (κ2) is 9.87. The lowest BCUT2D eigenvalue weighted by Crippen LogP contribution is -2.34. The van der Waals surface area contributed by atoms with E-state index in [1.165, 1.54) is 12.0 Å². The Hall–Kier alpha value is -2.30. The molecule has 0 aromatic heterocycles. The molecule has 2 rings (SSSR count). The zero-order chi connectivity index (χ0) is 18.1. The number of amides is 1. The summed E-state index contributed by atoms with van der Waals surface area (Å²) >= 11 is 0. The second-order valence-electron chi connectivity index (χ2n) is 6.41. The molecule has 1 amide bonds. The van der Waals surface area contributed by atoms with Gasteiger partial charge < -0.3 is 15.2 Å². The van der Waals surface area contributed by atoms with E-state index in [1.54, 1.807) is 0 Å². The molecule has 2 N–H and O–H groups in total. The fraction of sp³-hybridized carbons (Fsp3) is 0.500. The van der Waals surface area contributed by atoms with Crippen molar-refractivity contribution in [3.8, 4) is 5.75 Å². The topological polar surface area (TPSA) is 75.6 Å². The maximum absolute atomic E-state index is 12.0. The summed E-state index contributed by atoms with van der Waals surface area (Å²) in [6.45, 7) is 2.66. The Kier molecular flexibility index (Phi) is 7.51. The maximum Gasteiger partial charge on any atom is 0.308 e. The number of hydrogen-bond donors (Lipinski definition) is 2. The predicted molar refractivity (Wildman–Crippen MR) is 96.6 cm³/mol. The molecule has 0 spiro atoms. The van der Waals surface area contributed by atoms with Gasteiger partial charge in [-0.1, -0.05) is 23.8 Å². The molecule has 0 fully saturated rings. The van der Waals surface area contributed by atoms with Crippen molar-refractivity contribution in [2.45, 2.75) is 45.4 Å². The van der Waals surface area contributed by atoms with Gasteiger partial charge in [0.15, 0.2) is 0 Å². The fourth-order valence-electron chi connectivity index (χ4n) is 2.99. The molecule has 0 aliphatic heterocycles. The van der Waals surface area contributed by atoms with Crippen LogP contribution in [0.3, 0.4) is 0 Å². The lowest BCUT2D eigenvalue weighted by Gasteiger charge is -2.16. The Morgan fingerprint density at radius 3 is 2.60 bits per heavy atom. The minimum atomic E-state index is -0.897. The lowest BCUT2D eigenvalue weighted by atomic mass is 9.96. The molecule has 0 bridgehead atoms. The van der Waals surface area contributed by atoms with E-state index in [4.69, 9.17) is 4.74 Å². The van der Waals surface area contributed by atoms with Gasteiger partial charge in [-0.3, -0.25) is 9.59 Å². The molecule has 1 aliphatic rings. The van der Waals surface area contributed by atoms with Gasteiger partial charge in [0.1, 0.15) is 5.75 Å². The summed E-state index contributed by atoms with van der Waals surface area (Å²) in [6, 6.07) is 7.42. The molecule has 1 atom stereocenters. The first-order valence-electron chi connectivity index (χ1n) is 8.97. The second-order valence-corrected chi connectivity index (χ2v) is 6.41. The van der Waals surface area contributed by atoms with E-state index in [0.29, 0.717) is 19.4 Å². The van der Waals surface area contributed by atoms with Crippen LogP contribution < -0.4 is 10.1 Å². The van der Waals surface area contributed by atoms with Gasteiger partial charge in [0.2, 0.25) is 5.91 Å². The number of carboxylic acids is 1. The number of allylic oxidation sites excluding steroid dienone is 1. The van der Waals surface area contributed by atoms with Crippen LogP contribution in [0.2, 0.25) is 0 Å². The van der Waals surface area contributed by atoms with E-state index < -0.39 is 11.9 Å². The Morgan fingerprint density at radius 1 is 1.24 bits per heavy atom. The van der Waals surface area contributed by atoms with E-state index in [0.717, 1.165) is 30.6 Å². The average molecular weight is 345 g/mol. The average Bonchev–Trinajstić information content (AvgIpc) is 2.61. The largest absolute Gasteiger partial charge is 0.494 e.